The van der Waals surface area contributed by atoms with E-state index in [1.807, 2.05) is 13.0 Å². The number of fused-ring (bicyclic) bond motifs is 1. The second-order valence-electron chi connectivity index (χ2n) is 3.31. The van der Waals surface area contributed by atoms with Crippen LogP contribution in [0.5, 0.6) is 0 Å². The fourth-order valence-corrected chi connectivity index (χ4v) is 3.02. The van der Waals surface area contributed by atoms with Crippen molar-refractivity contribution in [2.75, 3.05) is 7.05 Å². The predicted octanol–water partition coefficient (Wildman–Crippen LogP) is 1.13. The fraction of sp³-hybridized carbons (Fsp3) is 0.333. The Morgan fingerprint density at radius 3 is 2.69 bits per heavy atom. The van der Waals surface area contributed by atoms with E-state index in [0.29, 0.717) is 11.4 Å². The summed E-state index contributed by atoms with van der Waals surface area (Å²) in [5.74, 6) is 0. The Hall–Kier alpha value is -0.870. The molecule has 0 atom stereocenters. The summed E-state index contributed by atoms with van der Waals surface area (Å²) in [6.07, 6.45) is 0. The number of hydrogen-bond acceptors (Lipinski definition) is 2. The molecule has 0 unspecified atom stereocenters. The lowest BCUT2D eigenvalue weighted by atomic mass is 10.1. The van der Waals surface area contributed by atoms with Crippen LogP contribution < -0.4 is 0 Å². The summed E-state index contributed by atoms with van der Waals surface area (Å²) in [5, 5.41) is 0. The highest BCUT2D eigenvalue weighted by Gasteiger charge is 2.31. The third-order valence-electron chi connectivity index (χ3n) is 2.44. The van der Waals surface area contributed by atoms with Gasteiger partial charge in [0, 0.05) is 13.6 Å². The van der Waals surface area contributed by atoms with Gasteiger partial charge < -0.3 is 0 Å². The Kier molecular flexibility index (Phi) is 1.72. The number of benzene rings is 1. The van der Waals surface area contributed by atoms with Crippen LogP contribution in [0.4, 0.5) is 0 Å². The first-order chi connectivity index (χ1) is 6.03. The third-order valence-corrected chi connectivity index (χ3v) is 4.32. The van der Waals surface area contributed by atoms with Gasteiger partial charge in [-0.25, -0.2) is 8.42 Å². The predicted molar refractivity (Wildman–Crippen MR) is 49.8 cm³/mol. The van der Waals surface area contributed by atoms with Crippen LogP contribution in [0.2, 0.25) is 0 Å². The standard InChI is InChI=1S/C9H11NO2S/c1-7-4-3-5-9-8(7)6-10(2)13(9,11)12/h3-5H,6H2,1-2H3. The van der Waals surface area contributed by atoms with Gasteiger partial charge in [0.05, 0.1) is 4.90 Å². The van der Waals surface area contributed by atoms with Crippen molar-refractivity contribution in [3.05, 3.63) is 29.3 Å². The lowest BCUT2D eigenvalue weighted by Gasteiger charge is -2.04. The summed E-state index contributed by atoms with van der Waals surface area (Å²) in [5.41, 5.74) is 1.98. The molecule has 0 N–H and O–H groups in total. The quantitative estimate of drug-likeness (QED) is 0.625. The molecule has 0 spiro atoms. The molecule has 70 valence electrons. The highest BCUT2D eigenvalue weighted by atomic mass is 32.2. The van der Waals surface area contributed by atoms with Gasteiger partial charge in [0.2, 0.25) is 10.0 Å². The summed E-state index contributed by atoms with van der Waals surface area (Å²) in [6.45, 7) is 2.44. The van der Waals surface area contributed by atoms with Crippen LogP contribution >= 0.6 is 0 Å². The van der Waals surface area contributed by atoms with Gasteiger partial charge in [-0.15, -0.1) is 0 Å². The molecular formula is C9H11NO2S. The fourth-order valence-electron chi connectivity index (χ4n) is 1.60. The minimum atomic E-state index is -3.17. The van der Waals surface area contributed by atoms with E-state index in [9.17, 15) is 8.42 Å². The van der Waals surface area contributed by atoms with Crippen LogP contribution in [0.1, 0.15) is 11.1 Å². The van der Waals surface area contributed by atoms with Gasteiger partial charge in [-0.2, -0.15) is 4.31 Å². The van der Waals surface area contributed by atoms with Gasteiger partial charge in [0.1, 0.15) is 0 Å². The molecule has 0 aliphatic carbocycles. The van der Waals surface area contributed by atoms with E-state index in [0.717, 1.165) is 11.1 Å². The number of sulfonamides is 1. The molecule has 0 aromatic heterocycles. The first-order valence-electron chi connectivity index (χ1n) is 4.08. The molecule has 4 heteroatoms. The van der Waals surface area contributed by atoms with Crippen molar-refractivity contribution in [3.63, 3.8) is 0 Å². The maximum atomic E-state index is 11.7. The zero-order valence-corrected chi connectivity index (χ0v) is 8.43. The van der Waals surface area contributed by atoms with E-state index in [-0.39, 0.29) is 0 Å². The monoisotopic (exact) mass is 197 g/mol. The van der Waals surface area contributed by atoms with Gasteiger partial charge in [-0.05, 0) is 24.1 Å². The second-order valence-corrected chi connectivity index (χ2v) is 5.33. The minimum absolute atomic E-state index is 0.468. The molecule has 0 radical (unpaired) electrons. The number of rotatable bonds is 0. The zero-order valence-electron chi connectivity index (χ0n) is 7.61. The molecule has 0 saturated carbocycles. The van der Waals surface area contributed by atoms with Crippen LogP contribution in [-0.2, 0) is 16.6 Å². The van der Waals surface area contributed by atoms with Crippen molar-refractivity contribution in [1.82, 2.24) is 4.31 Å². The molecule has 0 saturated heterocycles. The Bertz CT molecular complexity index is 451. The van der Waals surface area contributed by atoms with E-state index >= 15 is 0 Å². The summed E-state index contributed by atoms with van der Waals surface area (Å²) in [6, 6.07) is 5.39. The average molecular weight is 197 g/mol. The number of hydrogen-bond donors (Lipinski definition) is 0. The van der Waals surface area contributed by atoms with Crippen molar-refractivity contribution in [1.29, 1.82) is 0 Å². The highest BCUT2D eigenvalue weighted by Crippen LogP contribution is 2.30. The molecule has 13 heavy (non-hydrogen) atoms. The number of aryl methyl sites for hydroxylation is 1. The summed E-state index contributed by atoms with van der Waals surface area (Å²) in [4.78, 5) is 0.468. The average Bonchev–Trinajstić information content (AvgIpc) is 2.28. The largest absolute Gasteiger partial charge is 0.243 e. The van der Waals surface area contributed by atoms with Gasteiger partial charge in [0.25, 0.3) is 0 Å². The molecule has 1 aromatic carbocycles. The van der Waals surface area contributed by atoms with E-state index in [4.69, 9.17) is 0 Å². The second kappa shape index (κ2) is 2.56. The van der Waals surface area contributed by atoms with Crippen LogP contribution in [0.3, 0.4) is 0 Å². The van der Waals surface area contributed by atoms with Crippen LogP contribution in [0.25, 0.3) is 0 Å². The molecule has 1 heterocycles. The normalized spacial score (nSPS) is 20.2. The Labute approximate surface area is 78.0 Å². The van der Waals surface area contributed by atoms with Gasteiger partial charge in [-0.1, -0.05) is 12.1 Å². The molecule has 0 amide bonds. The Balaban J connectivity index is 2.76. The smallest absolute Gasteiger partial charge is 0.207 e. The lowest BCUT2D eigenvalue weighted by Crippen LogP contribution is -2.18. The molecule has 3 nitrogen and oxygen atoms in total. The van der Waals surface area contributed by atoms with Gasteiger partial charge in [0.15, 0.2) is 0 Å². The molecule has 2 rings (SSSR count). The minimum Gasteiger partial charge on any atom is -0.207 e. The number of nitrogens with zero attached hydrogens (tertiary/aromatic N) is 1. The molecule has 1 aliphatic rings. The first kappa shape index (κ1) is 8.72. The molecular weight excluding hydrogens is 186 g/mol. The molecule has 1 aromatic rings. The molecule has 0 bridgehead atoms. The van der Waals surface area contributed by atoms with Crippen LogP contribution in [0.15, 0.2) is 23.1 Å². The van der Waals surface area contributed by atoms with Crippen molar-refractivity contribution in [2.24, 2.45) is 0 Å². The summed E-state index contributed by atoms with van der Waals surface area (Å²) >= 11 is 0. The van der Waals surface area contributed by atoms with Crippen molar-refractivity contribution in [3.8, 4) is 0 Å². The van der Waals surface area contributed by atoms with Crippen LogP contribution in [0, 0.1) is 6.92 Å². The lowest BCUT2D eigenvalue weighted by molar-refractivity contribution is 0.488. The Morgan fingerprint density at radius 1 is 1.38 bits per heavy atom. The van der Waals surface area contributed by atoms with Crippen LogP contribution in [-0.4, -0.2) is 19.8 Å². The SMILES string of the molecule is Cc1cccc2c1CN(C)S2(=O)=O. The van der Waals surface area contributed by atoms with Gasteiger partial charge >= 0.3 is 0 Å². The zero-order chi connectivity index (χ0) is 9.64. The maximum absolute atomic E-state index is 11.7. The first-order valence-corrected chi connectivity index (χ1v) is 5.52. The van der Waals surface area contributed by atoms with E-state index < -0.39 is 10.0 Å². The van der Waals surface area contributed by atoms with Crippen molar-refractivity contribution < 1.29 is 8.42 Å². The van der Waals surface area contributed by atoms with Crippen molar-refractivity contribution in [2.45, 2.75) is 18.4 Å². The maximum Gasteiger partial charge on any atom is 0.243 e. The highest BCUT2D eigenvalue weighted by molar-refractivity contribution is 7.89. The summed E-state index contributed by atoms with van der Waals surface area (Å²) < 4.78 is 24.7. The third kappa shape index (κ3) is 1.09. The van der Waals surface area contributed by atoms with Crippen molar-refractivity contribution >= 4 is 10.0 Å². The van der Waals surface area contributed by atoms with Gasteiger partial charge in [-0.3, -0.25) is 0 Å². The summed E-state index contributed by atoms with van der Waals surface area (Å²) in [7, 11) is -1.57. The van der Waals surface area contributed by atoms with E-state index in [2.05, 4.69) is 0 Å². The van der Waals surface area contributed by atoms with E-state index in [1.165, 1.54) is 4.31 Å². The molecule has 0 fully saturated rings. The molecule has 1 aliphatic heterocycles. The topological polar surface area (TPSA) is 37.4 Å². The van der Waals surface area contributed by atoms with E-state index in [1.54, 1.807) is 19.2 Å². The Morgan fingerprint density at radius 2 is 2.08 bits per heavy atom.